The van der Waals surface area contributed by atoms with Gasteiger partial charge < -0.3 is 15.7 Å². The lowest BCUT2D eigenvalue weighted by atomic mass is 10.1. The Bertz CT molecular complexity index is 402. The van der Waals surface area contributed by atoms with Crippen molar-refractivity contribution in [3.63, 3.8) is 0 Å². The average molecular weight is 220 g/mol. The molecule has 86 valence electrons. The van der Waals surface area contributed by atoms with Crippen LogP contribution >= 0.6 is 0 Å². The Kier molecular flexibility index (Phi) is 3.22. The third-order valence-electron chi connectivity index (χ3n) is 2.56. The second-order valence-corrected chi connectivity index (χ2v) is 4.20. The van der Waals surface area contributed by atoms with Gasteiger partial charge in [0.25, 0.3) is 0 Å². The van der Waals surface area contributed by atoms with Crippen LogP contribution in [0.1, 0.15) is 18.1 Å². The fourth-order valence-corrected chi connectivity index (χ4v) is 1.82. The standard InChI is InChI=1S/C12H16N2O2/c1-8(15)6-13-7-9-2-3-11-10(4-9)5-12(16)14-11/h2-4,8,13,15H,5-7H2,1H3,(H,14,16). The number of aliphatic hydroxyl groups excluding tert-OH is 1. The number of hydrogen-bond donors (Lipinski definition) is 3. The van der Waals surface area contributed by atoms with Gasteiger partial charge in [0.05, 0.1) is 12.5 Å². The maximum atomic E-state index is 11.2. The number of fused-ring (bicyclic) bond motifs is 1. The van der Waals surface area contributed by atoms with E-state index in [2.05, 4.69) is 10.6 Å². The fraction of sp³-hybridized carbons (Fsp3) is 0.417. The largest absolute Gasteiger partial charge is 0.392 e. The number of hydrogen-bond acceptors (Lipinski definition) is 3. The molecule has 0 fully saturated rings. The molecule has 0 bridgehead atoms. The van der Waals surface area contributed by atoms with Gasteiger partial charge in [-0.1, -0.05) is 12.1 Å². The van der Waals surface area contributed by atoms with Gasteiger partial charge in [-0.15, -0.1) is 0 Å². The van der Waals surface area contributed by atoms with E-state index >= 15 is 0 Å². The number of benzene rings is 1. The van der Waals surface area contributed by atoms with Gasteiger partial charge in [-0.2, -0.15) is 0 Å². The molecule has 0 saturated heterocycles. The van der Waals surface area contributed by atoms with E-state index in [4.69, 9.17) is 5.11 Å². The van der Waals surface area contributed by atoms with Crippen LogP contribution in [0.15, 0.2) is 18.2 Å². The van der Waals surface area contributed by atoms with E-state index in [9.17, 15) is 4.79 Å². The number of amides is 1. The van der Waals surface area contributed by atoms with Crippen molar-refractivity contribution in [1.29, 1.82) is 0 Å². The van der Waals surface area contributed by atoms with Crippen molar-refractivity contribution in [3.05, 3.63) is 29.3 Å². The first-order chi connectivity index (χ1) is 7.65. The molecule has 1 aromatic carbocycles. The molecule has 4 heteroatoms. The SMILES string of the molecule is CC(O)CNCc1ccc2c(c1)CC(=O)N2. The van der Waals surface area contributed by atoms with Crippen molar-refractivity contribution >= 4 is 11.6 Å². The molecule has 3 N–H and O–H groups in total. The van der Waals surface area contributed by atoms with Crippen LogP contribution in [0.3, 0.4) is 0 Å². The first-order valence-electron chi connectivity index (χ1n) is 5.45. The van der Waals surface area contributed by atoms with Crippen molar-refractivity contribution in [2.24, 2.45) is 0 Å². The average Bonchev–Trinajstić information content (AvgIpc) is 2.56. The normalized spacial score (nSPS) is 15.8. The molecule has 0 aliphatic carbocycles. The monoisotopic (exact) mass is 220 g/mol. The molecule has 16 heavy (non-hydrogen) atoms. The number of rotatable bonds is 4. The second-order valence-electron chi connectivity index (χ2n) is 4.20. The molecule has 0 aromatic heterocycles. The molecular formula is C12H16N2O2. The molecular weight excluding hydrogens is 204 g/mol. The smallest absolute Gasteiger partial charge is 0.228 e. The van der Waals surface area contributed by atoms with Gasteiger partial charge >= 0.3 is 0 Å². The highest BCUT2D eigenvalue weighted by Gasteiger charge is 2.17. The molecule has 4 nitrogen and oxygen atoms in total. The van der Waals surface area contributed by atoms with Gasteiger partial charge in [0, 0.05) is 18.8 Å². The molecule has 1 heterocycles. The maximum absolute atomic E-state index is 11.2. The topological polar surface area (TPSA) is 61.4 Å². The minimum atomic E-state index is -0.335. The van der Waals surface area contributed by atoms with Gasteiger partial charge in [-0.3, -0.25) is 4.79 Å². The summed E-state index contributed by atoms with van der Waals surface area (Å²) >= 11 is 0. The minimum absolute atomic E-state index is 0.0593. The van der Waals surface area contributed by atoms with E-state index in [0.717, 1.165) is 16.8 Å². The Balaban J connectivity index is 1.97. The Labute approximate surface area is 94.7 Å². The van der Waals surface area contributed by atoms with Crippen LogP contribution in [0.5, 0.6) is 0 Å². The first kappa shape index (κ1) is 11.1. The predicted molar refractivity (Wildman–Crippen MR) is 62.2 cm³/mol. The Morgan fingerprint density at radius 3 is 3.12 bits per heavy atom. The van der Waals surface area contributed by atoms with Crippen molar-refractivity contribution in [3.8, 4) is 0 Å². The summed E-state index contributed by atoms with van der Waals surface area (Å²) in [6, 6.07) is 5.95. The van der Waals surface area contributed by atoms with Crippen LogP contribution in [-0.4, -0.2) is 23.7 Å². The van der Waals surface area contributed by atoms with Gasteiger partial charge in [0.15, 0.2) is 0 Å². The molecule has 0 radical (unpaired) electrons. The number of carbonyl (C=O) groups is 1. The van der Waals surface area contributed by atoms with Gasteiger partial charge in [-0.05, 0) is 24.1 Å². The highest BCUT2D eigenvalue weighted by Crippen LogP contribution is 2.23. The van der Waals surface area contributed by atoms with Crippen LogP contribution in [0.2, 0.25) is 0 Å². The maximum Gasteiger partial charge on any atom is 0.228 e. The predicted octanol–water partition coefficient (Wildman–Crippen LogP) is 0.652. The van der Waals surface area contributed by atoms with Crippen molar-refractivity contribution in [1.82, 2.24) is 5.32 Å². The lowest BCUT2D eigenvalue weighted by Gasteiger charge is -2.08. The van der Waals surface area contributed by atoms with E-state index in [1.165, 1.54) is 0 Å². The zero-order chi connectivity index (χ0) is 11.5. The first-order valence-corrected chi connectivity index (χ1v) is 5.45. The summed E-state index contributed by atoms with van der Waals surface area (Å²) in [6.45, 7) is 3.04. The van der Waals surface area contributed by atoms with E-state index in [1.807, 2.05) is 18.2 Å². The van der Waals surface area contributed by atoms with Crippen molar-refractivity contribution in [2.45, 2.75) is 26.0 Å². The van der Waals surface area contributed by atoms with Gasteiger partial charge in [-0.25, -0.2) is 0 Å². The number of carbonyl (C=O) groups excluding carboxylic acids is 1. The second kappa shape index (κ2) is 4.63. The van der Waals surface area contributed by atoms with E-state index in [-0.39, 0.29) is 12.0 Å². The lowest BCUT2D eigenvalue weighted by molar-refractivity contribution is -0.115. The third kappa shape index (κ3) is 2.59. The van der Waals surface area contributed by atoms with Crippen molar-refractivity contribution < 1.29 is 9.90 Å². The minimum Gasteiger partial charge on any atom is -0.392 e. The summed E-state index contributed by atoms with van der Waals surface area (Å²) < 4.78 is 0. The van der Waals surface area contributed by atoms with Crippen molar-refractivity contribution in [2.75, 3.05) is 11.9 Å². The van der Waals surface area contributed by atoms with Gasteiger partial charge in [0.2, 0.25) is 5.91 Å². The quantitative estimate of drug-likeness (QED) is 0.698. The molecule has 1 amide bonds. The zero-order valence-corrected chi connectivity index (χ0v) is 9.29. The van der Waals surface area contributed by atoms with Crippen LogP contribution in [0, 0.1) is 0 Å². The highest BCUT2D eigenvalue weighted by atomic mass is 16.3. The fourth-order valence-electron chi connectivity index (χ4n) is 1.82. The summed E-state index contributed by atoms with van der Waals surface area (Å²) in [6.07, 6.45) is 0.136. The van der Waals surface area contributed by atoms with Crippen LogP contribution in [-0.2, 0) is 17.8 Å². The van der Waals surface area contributed by atoms with E-state index in [1.54, 1.807) is 6.92 Å². The summed E-state index contributed by atoms with van der Waals surface area (Å²) in [5, 5.41) is 15.1. The number of anilines is 1. The molecule has 0 spiro atoms. The molecule has 1 aliphatic heterocycles. The Morgan fingerprint density at radius 2 is 2.38 bits per heavy atom. The molecule has 1 atom stereocenters. The summed E-state index contributed by atoms with van der Waals surface area (Å²) in [5.41, 5.74) is 3.11. The number of nitrogens with one attached hydrogen (secondary N) is 2. The summed E-state index contributed by atoms with van der Waals surface area (Å²) in [5.74, 6) is 0.0593. The summed E-state index contributed by atoms with van der Waals surface area (Å²) in [4.78, 5) is 11.2. The molecule has 2 rings (SSSR count). The van der Waals surface area contributed by atoms with E-state index < -0.39 is 0 Å². The van der Waals surface area contributed by atoms with Crippen LogP contribution in [0.4, 0.5) is 5.69 Å². The Hall–Kier alpha value is -1.39. The molecule has 1 unspecified atom stereocenters. The van der Waals surface area contributed by atoms with Crippen LogP contribution < -0.4 is 10.6 Å². The molecule has 1 aromatic rings. The van der Waals surface area contributed by atoms with Crippen LogP contribution in [0.25, 0.3) is 0 Å². The molecule has 0 saturated carbocycles. The lowest BCUT2D eigenvalue weighted by Crippen LogP contribution is -2.23. The zero-order valence-electron chi connectivity index (χ0n) is 9.29. The third-order valence-corrected chi connectivity index (χ3v) is 2.56. The van der Waals surface area contributed by atoms with E-state index in [0.29, 0.717) is 19.5 Å². The van der Waals surface area contributed by atoms with Gasteiger partial charge in [0.1, 0.15) is 0 Å². The summed E-state index contributed by atoms with van der Waals surface area (Å²) in [7, 11) is 0. The highest BCUT2D eigenvalue weighted by molar-refractivity contribution is 5.99. The Morgan fingerprint density at radius 1 is 1.56 bits per heavy atom. The number of aliphatic hydroxyl groups is 1. The molecule has 1 aliphatic rings.